The van der Waals surface area contributed by atoms with E-state index in [-0.39, 0.29) is 47.2 Å². The standard InChI is InChI=1S/C6H9NO4.Ca.2H/c1-3-5(8)11-7-6(9)10-4-2;;;/h3H,1,4H2,2H3,(H,7,9);;;/q;+2;2*-1. The van der Waals surface area contributed by atoms with E-state index in [0.717, 1.165) is 6.08 Å². The molecule has 0 aliphatic rings. The minimum absolute atomic E-state index is 0. The molecule has 12 heavy (non-hydrogen) atoms. The van der Waals surface area contributed by atoms with E-state index in [1.54, 1.807) is 12.4 Å². The SMILES string of the molecule is C=CC(=O)ONC(=O)OCC.[Ca+2].[H-].[H-]. The van der Waals surface area contributed by atoms with Gasteiger partial charge in [0.2, 0.25) is 0 Å². The normalized spacial score (nSPS) is 7.42. The van der Waals surface area contributed by atoms with Gasteiger partial charge >= 0.3 is 49.8 Å². The molecule has 1 N–H and O–H groups in total. The predicted octanol–water partition coefficient (Wildman–Crippen LogP) is 0.221. The van der Waals surface area contributed by atoms with Gasteiger partial charge in [-0.1, -0.05) is 6.58 Å². The van der Waals surface area contributed by atoms with Crippen molar-refractivity contribution < 1.29 is 22.0 Å². The number of amides is 1. The summed E-state index contributed by atoms with van der Waals surface area (Å²) in [5.41, 5.74) is 1.75. The molecule has 0 rings (SSSR count). The molecule has 0 atom stereocenters. The third-order valence-electron chi connectivity index (χ3n) is 0.677. The van der Waals surface area contributed by atoms with E-state index in [1.165, 1.54) is 0 Å². The first-order valence-electron chi connectivity index (χ1n) is 2.96. The summed E-state index contributed by atoms with van der Waals surface area (Å²) in [4.78, 5) is 24.9. The minimum Gasteiger partial charge on any atom is -1.00 e. The number of carbonyl (C=O) groups excluding carboxylic acids is 2. The monoisotopic (exact) mass is 201 g/mol. The molecule has 0 aromatic carbocycles. The van der Waals surface area contributed by atoms with Crippen molar-refractivity contribution in [3.05, 3.63) is 12.7 Å². The van der Waals surface area contributed by atoms with E-state index in [1.807, 2.05) is 0 Å². The molecule has 1 amide bonds. The van der Waals surface area contributed by atoms with Gasteiger partial charge in [0.1, 0.15) is 0 Å². The van der Waals surface area contributed by atoms with Gasteiger partial charge in [-0.2, -0.15) is 0 Å². The molecule has 5 nitrogen and oxygen atoms in total. The average molecular weight is 201 g/mol. The van der Waals surface area contributed by atoms with Crippen molar-refractivity contribution in [3.63, 3.8) is 0 Å². The van der Waals surface area contributed by atoms with Crippen LogP contribution in [0.15, 0.2) is 12.7 Å². The Morgan fingerprint density at radius 2 is 2.25 bits per heavy atom. The van der Waals surface area contributed by atoms with Crippen LogP contribution in [0.5, 0.6) is 0 Å². The predicted molar refractivity (Wildman–Crippen MR) is 44.4 cm³/mol. The topological polar surface area (TPSA) is 64.6 Å². The molecule has 6 heteroatoms. The molecule has 0 saturated heterocycles. The molecule has 0 bridgehead atoms. The maximum Gasteiger partial charge on any atom is 2.00 e. The Hall–Kier alpha value is -0.260. The summed E-state index contributed by atoms with van der Waals surface area (Å²) in [5, 5.41) is 0. The van der Waals surface area contributed by atoms with Crippen molar-refractivity contribution in [2.75, 3.05) is 6.61 Å². The molecule has 0 aromatic heterocycles. The van der Waals surface area contributed by atoms with Crippen molar-refractivity contribution in [2.24, 2.45) is 0 Å². The van der Waals surface area contributed by atoms with Gasteiger partial charge in [0, 0.05) is 6.08 Å². The fraction of sp³-hybridized carbons (Fsp3) is 0.333. The Balaban J connectivity index is -0.000000167. The summed E-state index contributed by atoms with van der Waals surface area (Å²) in [6, 6.07) is 0. The van der Waals surface area contributed by atoms with Gasteiger partial charge in [0.15, 0.2) is 0 Å². The zero-order chi connectivity index (χ0) is 8.69. The number of rotatable bonds is 2. The molecule has 0 aliphatic heterocycles. The van der Waals surface area contributed by atoms with Crippen LogP contribution >= 0.6 is 0 Å². The summed E-state index contributed by atoms with van der Waals surface area (Å²) in [5.74, 6) is -0.738. The smallest absolute Gasteiger partial charge is 1.00 e. The fourth-order valence-corrected chi connectivity index (χ4v) is 0.294. The maximum atomic E-state index is 10.4. The van der Waals surface area contributed by atoms with Crippen molar-refractivity contribution in [2.45, 2.75) is 6.92 Å². The quantitative estimate of drug-likeness (QED) is 0.394. The number of ether oxygens (including phenoxy) is 1. The summed E-state index contributed by atoms with van der Waals surface area (Å²) in [6.45, 7) is 4.97. The van der Waals surface area contributed by atoms with E-state index >= 15 is 0 Å². The van der Waals surface area contributed by atoms with Crippen LogP contribution < -0.4 is 5.48 Å². The molecule has 0 unspecified atom stereocenters. The molecule has 0 heterocycles. The third-order valence-corrected chi connectivity index (χ3v) is 0.677. The van der Waals surface area contributed by atoms with Crippen molar-refractivity contribution in [1.82, 2.24) is 5.48 Å². The first-order chi connectivity index (χ1) is 5.20. The zero-order valence-corrected chi connectivity index (χ0v) is 9.04. The molecule has 0 saturated carbocycles. The third kappa shape index (κ3) is 7.84. The van der Waals surface area contributed by atoms with Crippen LogP contribution in [0.4, 0.5) is 4.79 Å². The van der Waals surface area contributed by atoms with Crippen molar-refractivity contribution >= 4 is 49.8 Å². The first kappa shape index (κ1) is 14.3. The van der Waals surface area contributed by atoms with Crippen LogP contribution in [0.25, 0.3) is 0 Å². The Kier molecular flexibility index (Phi) is 10.5. The van der Waals surface area contributed by atoms with Crippen molar-refractivity contribution in [3.8, 4) is 0 Å². The largest absolute Gasteiger partial charge is 2.00 e. The van der Waals surface area contributed by atoms with E-state index in [9.17, 15) is 9.59 Å². The van der Waals surface area contributed by atoms with E-state index in [2.05, 4.69) is 16.2 Å². The number of hydroxylamine groups is 1. The van der Waals surface area contributed by atoms with Gasteiger partial charge < -0.3 is 12.4 Å². The van der Waals surface area contributed by atoms with Crippen LogP contribution in [0.2, 0.25) is 0 Å². The van der Waals surface area contributed by atoms with E-state index in [4.69, 9.17) is 0 Å². The molecule has 0 aliphatic carbocycles. The molecule has 0 spiro atoms. The molecule has 0 aromatic rings. The van der Waals surface area contributed by atoms with Crippen molar-refractivity contribution in [1.29, 1.82) is 0 Å². The van der Waals surface area contributed by atoms with Crippen LogP contribution in [0.1, 0.15) is 9.78 Å². The van der Waals surface area contributed by atoms with Gasteiger partial charge in [0.25, 0.3) is 0 Å². The van der Waals surface area contributed by atoms with Gasteiger partial charge in [0.05, 0.1) is 6.61 Å². The fourth-order valence-electron chi connectivity index (χ4n) is 0.294. The van der Waals surface area contributed by atoms with Crippen LogP contribution in [0, 0.1) is 0 Å². The number of carbonyl (C=O) groups is 2. The second-order valence-electron chi connectivity index (χ2n) is 1.45. The maximum absolute atomic E-state index is 10.4. The molecule has 66 valence electrons. The molecular formula is C6H11CaNO4. The summed E-state index contributed by atoms with van der Waals surface area (Å²) in [7, 11) is 0. The Labute approximate surface area is 103 Å². The van der Waals surface area contributed by atoms with Crippen LogP contribution in [0.3, 0.4) is 0 Å². The van der Waals surface area contributed by atoms with Crippen LogP contribution in [-0.4, -0.2) is 56.4 Å². The zero-order valence-electron chi connectivity index (χ0n) is 8.83. The number of hydrogen-bond acceptors (Lipinski definition) is 4. The summed E-state index contributed by atoms with van der Waals surface area (Å²) < 4.78 is 4.38. The van der Waals surface area contributed by atoms with Crippen LogP contribution in [-0.2, 0) is 14.4 Å². The van der Waals surface area contributed by atoms with Gasteiger partial charge in [-0.3, -0.25) is 0 Å². The second kappa shape index (κ2) is 8.83. The van der Waals surface area contributed by atoms with E-state index in [0.29, 0.717) is 0 Å². The molecule has 0 radical (unpaired) electrons. The first-order valence-corrected chi connectivity index (χ1v) is 2.96. The Morgan fingerprint density at radius 1 is 1.67 bits per heavy atom. The Morgan fingerprint density at radius 3 is 2.67 bits per heavy atom. The Bertz CT molecular complexity index is 179. The van der Waals surface area contributed by atoms with E-state index < -0.39 is 12.1 Å². The molecular weight excluding hydrogens is 190 g/mol. The van der Waals surface area contributed by atoms with Gasteiger partial charge in [-0.15, -0.1) is 5.48 Å². The summed E-state index contributed by atoms with van der Waals surface area (Å²) >= 11 is 0. The molecule has 0 fully saturated rings. The van der Waals surface area contributed by atoms with Gasteiger partial charge in [-0.05, 0) is 6.92 Å². The number of nitrogens with one attached hydrogen (secondary N) is 1. The second-order valence-corrected chi connectivity index (χ2v) is 1.45. The summed E-state index contributed by atoms with van der Waals surface area (Å²) in [6.07, 6.45) is 0.120. The van der Waals surface area contributed by atoms with Gasteiger partial charge in [-0.25, -0.2) is 9.59 Å². The number of hydrogen-bond donors (Lipinski definition) is 1. The average Bonchev–Trinajstić information content (AvgIpc) is 2.01. The minimum atomic E-state index is -0.803.